The maximum absolute atomic E-state index is 5.43. The maximum Gasteiger partial charge on any atom is 0.145 e. The summed E-state index contributed by atoms with van der Waals surface area (Å²) < 4.78 is 9.62. The van der Waals surface area contributed by atoms with E-state index in [1.165, 1.54) is 58.8 Å². The summed E-state index contributed by atoms with van der Waals surface area (Å²) in [4.78, 5) is 0. The van der Waals surface area contributed by atoms with Crippen molar-refractivity contribution in [3.8, 4) is 0 Å². The zero-order valence-corrected chi connectivity index (χ0v) is 27.0. The maximum atomic E-state index is 5.43. The van der Waals surface area contributed by atoms with Crippen LogP contribution in [-0.2, 0) is 25.7 Å². The Morgan fingerprint density at radius 2 is 0.889 bits per heavy atom. The lowest BCUT2D eigenvalue weighted by Crippen LogP contribution is -2.02. The van der Waals surface area contributed by atoms with Crippen molar-refractivity contribution in [2.24, 2.45) is 0 Å². The zero-order chi connectivity index (χ0) is 24.6. The Balaban J connectivity index is 1.35. The van der Waals surface area contributed by atoms with Crippen LogP contribution in [0.25, 0.3) is 0 Å². The smallest absolute Gasteiger partial charge is 0.121 e. The summed E-state index contributed by atoms with van der Waals surface area (Å²) in [6.07, 6.45) is 8.39. The van der Waals surface area contributed by atoms with Gasteiger partial charge in [0.05, 0.1) is 25.4 Å². The van der Waals surface area contributed by atoms with Crippen LogP contribution >= 0.6 is 105 Å². The Morgan fingerprint density at radius 3 is 1.22 bits per heavy atom. The van der Waals surface area contributed by atoms with Gasteiger partial charge in [0, 0.05) is 0 Å². The second kappa shape index (κ2) is 11.6. The number of rotatable bonds is 2. The topological polar surface area (TPSA) is 0 Å². The van der Waals surface area contributed by atoms with Crippen molar-refractivity contribution in [1.82, 2.24) is 0 Å². The van der Waals surface area contributed by atoms with Gasteiger partial charge in [-0.1, -0.05) is 108 Å². The van der Waals surface area contributed by atoms with Crippen LogP contribution < -0.4 is 0 Å². The predicted octanol–water partition coefficient (Wildman–Crippen LogP) is 11.1. The van der Waals surface area contributed by atoms with Gasteiger partial charge in [0.25, 0.3) is 0 Å². The summed E-state index contributed by atoms with van der Waals surface area (Å²) in [7, 11) is 0. The molecule has 2 aliphatic heterocycles. The van der Waals surface area contributed by atoms with E-state index in [2.05, 4.69) is 61.0 Å². The van der Waals surface area contributed by atoms with Crippen LogP contribution in [-0.4, -0.2) is 12.5 Å². The van der Waals surface area contributed by atoms with Crippen LogP contribution in [0.5, 0.6) is 0 Å². The highest BCUT2D eigenvalue weighted by molar-refractivity contribution is 8.40. The average Bonchev–Trinajstić information content (AvgIpc) is 3.58. The third kappa shape index (κ3) is 5.80. The van der Waals surface area contributed by atoms with Gasteiger partial charge in [0.15, 0.2) is 0 Å². The van der Waals surface area contributed by atoms with Gasteiger partial charge >= 0.3 is 0 Å². The van der Waals surface area contributed by atoms with Crippen molar-refractivity contribution in [3.05, 3.63) is 102 Å². The van der Waals surface area contributed by atoms with Crippen molar-refractivity contribution in [3.63, 3.8) is 0 Å². The highest BCUT2D eigenvalue weighted by Crippen LogP contribution is 2.58. The molecule has 2 aromatic carbocycles. The average molecular weight is 635 g/mol. The number of allylic oxidation sites excluding steroid dienone is 2. The molecule has 0 atom stereocenters. The van der Waals surface area contributed by atoms with Gasteiger partial charge < -0.3 is 0 Å². The molecule has 0 unspecified atom stereocenters. The summed E-state index contributed by atoms with van der Waals surface area (Å²) in [5.41, 5.74) is 8.65. The standard InChI is InChI=1S/C27H22S9/c1-29-23-24(30-2)32-21(31-23)19-11-15-3-7-17(8-4-15)13-20(14-18-9-5-16(12-19)6-10-18)22-33-25-26(34-22)36-27(28)35-25/h3-10H,11-14H2,1-2H3. The third-order valence-electron chi connectivity index (χ3n) is 6.09. The Hall–Kier alpha value is 0.0300. The van der Waals surface area contributed by atoms with Crippen LogP contribution in [0, 0.1) is 3.14 Å². The van der Waals surface area contributed by atoms with Gasteiger partial charge in [-0.05, 0) is 71.6 Å². The van der Waals surface area contributed by atoms with Crippen molar-refractivity contribution in [2.75, 3.05) is 12.5 Å². The van der Waals surface area contributed by atoms with Gasteiger partial charge in [-0.15, -0.1) is 46.2 Å². The molecule has 3 aromatic rings. The van der Waals surface area contributed by atoms with Gasteiger partial charge in [0.2, 0.25) is 0 Å². The van der Waals surface area contributed by atoms with Crippen molar-refractivity contribution >= 4 is 105 Å². The number of hydrogen-bond donors (Lipinski definition) is 0. The number of hydrogen-bond acceptors (Lipinski definition) is 9. The SMILES string of the molecule is CSC1=C(SC)SC(=C2Cc3ccc(cc3)CC(=C3Sc4sc(=S)sc4S3)Cc3ccc(cc3)C2)S1. The molecule has 3 heterocycles. The molecule has 4 bridgehead atoms. The lowest BCUT2D eigenvalue weighted by atomic mass is 9.94. The second-order valence-electron chi connectivity index (χ2n) is 8.54. The highest BCUT2D eigenvalue weighted by atomic mass is 32.3. The molecule has 0 saturated heterocycles. The first kappa shape index (κ1) is 26.3. The molecule has 0 N–H and O–H groups in total. The fourth-order valence-electron chi connectivity index (χ4n) is 4.33. The minimum absolute atomic E-state index is 0.995. The number of thioether (sulfide) groups is 6. The Morgan fingerprint density at radius 1 is 0.556 bits per heavy atom. The third-order valence-corrected chi connectivity index (χ3v) is 17.3. The van der Waals surface area contributed by atoms with Crippen molar-refractivity contribution in [1.29, 1.82) is 0 Å². The lowest BCUT2D eigenvalue weighted by molar-refractivity contribution is 1.00. The van der Waals surface area contributed by atoms with Crippen LogP contribution in [0.2, 0.25) is 0 Å². The lowest BCUT2D eigenvalue weighted by Gasteiger charge is -2.16. The molecule has 4 aliphatic carbocycles. The number of benzene rings is 2. The van der Waals surface area contributed by atoms with Crippen LogP contribution in [0.4, 0.5) is 0 Å². The summed E-state index contributed by atoms with van der Waals surface area (Å²) in [5, 5.41) is 0. The molecule has 0 amide bonds. The van der Waals surface area contributed by atoms with Crippen LogP contribution in [0.15, 0.2) is 85.0 Å². The van der Waals surface area contributed by atoms with E-state index in [9.17, 15) is 0 Å². The molecule has 0 fully saturated rings. The second-order valence-corrected chi connectivity index (χ2v) is 19.0. The van der Waals surface area contributed by atoms with Gasteiger partial charge in [0.1, 0.15) is 3.14 Å². The van der Waals surface area contributed by atoms with E-state index in [1.807, 2.05) is 70.6 Å². The molecular formula is C27H22S9. The minimum atomic E-state index is 0.995. The molecule has 6 aliphatic rings. The first-order chi connectivity index (χ1) is 17.6. The first-order valence-electron chi connectivity index (χ1n) is 11.3. The molecule has 1 aromatic heterocycles. The largest absolute Gasteiger partial charge is 0.145 e. The van der Waals surface area contributed by atoms with Crippen molar-refractivity contribution < 1.29 is 0 Å². The Labute approximate surface area is 251 Å². The summed E-state index contributed by atoms with van der Waals surface area (Å²) >= 11 is 20.5. The molecule has 0 nitrogen and oxygen atoms in total. The molecule has 184 valence electrons. The molecule has 9 heteroatoms. The molecule has 36 heavy (non-hydrogen) atoms. The quantitative estimate of drug-likeness (QED) is 0.254. The van der Waals surface area contributed by atoms with E-state index in [-0.39, 0.29) is 0 Å². The normalized spacial score (nSPS) is 17.9. The van der Waals surface area contributed by atoms with Crippen LogP contribution in [0.1, 0.15) is 22.3 Å². The molecule has 0 saturated carbocycles. The van der Waals surface area contributed by atoms with E-state index in [1.54, 1.807) is 22.7 Å². The molecule has 9 rings (SSSR count). The van der Waals surface area contributed by atoms with Crippen molar-refractivity contribution in [2.45, 2.75) is 34.1 Å². The fraction of sp³-hybridized carbons (Fsp3) is 0.222. The molecule has 0 radical (unpaired) electrons. The van der Waals surface area contributed by atoms with E-state index >= 15 is 0 Å². The zero-order valence-electron chi connectivity index (χ0n) is 19.6. The molecular weight excluding hydrogens is 613 g/mol. The van der Waals surface area contributed by atoms with E-state index in [0.29, 0.717) is 0 Å². The van der Waals surface area contributed by atoms with Crippen LogP contribution in [0.3, 0.4) is 0 Å². The van der Waals surface area contributed by atoms with Gasteiger partial charge in [-0.3, -0.25) is 0 Å². The summed E-state index contributed by atoms with van der Waals surface area (Å²) in [6.45, 7) is 0. The highest BCUT2D eigenvalue weighted by Gasteiger charge is 2.25. The van der Waals surface area contributed by atoms with Gasteiger partial charge in [-0.2, -0.15) is 0 Å². The first-order valence-corrected chi connectivity index (χ1v) is 19.1. The monoisotopic (exact) mass is 634 g/mol. The predicted molar refractivity (Wildman–Crippen MR) is 176 cm³/mol. The Kier molecular flexibility index (Phi) is 8.49. The fourth-order valence-corrected chi connectivity index (χ4v) is 16.1. The van der Waals surface area contributed by atoms with E-state index in [0.717, 1.165) is 28.8 Å². The summed E-state index contributed by atoms with van der Waals surface area (Å²) in [5.74, 6) is 0. The Bertz CT molecular complexity index is 1350. The summed E-state index contributed by atoms with van der Waals surface area (Å²) in [6, 6.07) is 18.8. The van der Waals surface area contributed by atoms with E-state index in [4.69, 9.17) is 12.2 Å². The van der Waals surface area contributed by atoms with E-state index < -0.39 is 0 Å². The minimum Gasteiger partial charge on any atom is -0.121 e. The molecule has 0 spiro atoms. The number of fused-ring (bicyclic) bond motifs is 1. The van der Waals surface area contributed by atoms with Gasteiger partial charge in [-0.25, -0.2) is 0 Å².